The third-order valence-electron chi connectivity index (χ3n) is 3.42. The number of nitrogens with one attached hydrogen (secondary N) is 3. The molecule has 1 aromatic rings. The lowest BCUT2D eigenvalue weighted by molar-refractivity contribution is -0.122. The fourth-order valence-corrected chi connectivity index (χ4v) is 1.85. The predicted molar refractivity (Wildman–Crippen MR) is 78.7 cm³/mol. The number of aryl methyl sites for hydroxylation is 2. The molecule has 108 valence electrons. The van der Waals surface area contributed by atoms with Crippen LogP contribution in [0.25, 0.3) is 0 Å². The van der Waals surface area contributed by atoms with Crippen LogP contribution >= 0.6 is 0 Å². The minimum absolute atomic E-state index is 0.0985. The lowest BCUT2D eigenvalue weighted by atomic mass is 10.1. The third kappa shape index (κ3) is 4.26. The van der Waals surface area contributed by atoms with Crippen LogP contribution in [0.15, 0.2) is 18.2 Å². The normalized spacial score (nSPS) is 13.7. The quantitative estimate of drug-likeness (QED) is 0.719. The zero-order valence-corrected chi connectivity index (χ0v) is 12.0. The molecule has 5 nitrogen and oxygen atoms in total. The molecule has 0 saturated heterocycles. The van der Waals surface area contributed by atoms with E-state index in [1.807, 2.05) is 32.0 Å². The average molecular weight is 275 g/mol. The molecule has 0 unspecified atom stereocenters. The van der Waals surface area contributed by atoms with Gasteiger partial charge in [0, 0.05) is 24.7 Å². The number of amides is 3. The van der Waals surface area contributed by atoms with Gasteiger partial charge in [-0.25, -0.2) is 4.79 Å². The van der Waals surface area contributed by atoms with E-state index in [4.69, 9.17) is 0 Å². The van der Waals surface area contributed by atoms with Gasteiger partial charge in [-0.1, -0.05) is 6.07 Å². The maximum Gasteiger partial charge on any atom is 0.319 e. The highest BCUT2D eigenvalue weighted by Gasteiger charge is 2.28. The number of benzene rings is 1. The Hall–Kier alpha value is -2.04. The summed E-state index contributed by atoms with van der Waals surface area (Å²) in [6.07, 6.45) is 1.99. The molecule has 1 aromatic carbocycles. The Morgan fingerprint density at radius 3 is 2.45 bits per heavy atom. The van der Waals surface area contributed by atoms with E-state index < -0.39 is 0 Å². The van der Waals surface area contributed by atoms with Crippen LogP contribution in [-0.4, -0.2) is 25.0 Å². The van der Waals surface area contributed by atoms with Gasteiger partial charge in [0.2, 0.25) is 5.91 Å². The molecule has 0 aliphatic heterocycles. The number of urea groups is 1. The minimum Gasteiger partial charge on any atom is -0.354 e. The highest BCUT2D eigenvalue weighted by Crippen LogP contribution is 2.28. The van der Waals surface area contributed by atoms with Gasteiger partial charge in [-0.05, 0) is 49.9 Å². The monoisotopic (exact) mass is 275 g/mol. The van der Waals surface area contributed by atoms with Crippen molar-refractivity contribution in [1.82, 2.24) is 10.6 Å². The molecule has 0 radical (unpaired) electrons. The molecule has 20 heavy (non-hydrogen) atoms. The van der Waals surface area contributed by atoms with Crippen LogP contribution in [0.3, 0.4) is 0 Å². The molecule has 0 bridgehead atoms. The second-order valence-corrected chi connectivity index (χ2v) is 5.25. The summed E-state index contributed by atoms with van der Waals surface area (Å²) in [7, 11) is 0. The molecule has 1 fully saturated rings. The standard InChI is InChI=1S/C15H21N3O2/c1-10-3-6-13(9-11(10)2)18-15(20)17-8-7-16-14(19)12-4-5-12/h3,6,9,12H,4-5,7-8H2,1-2H3,(H,16,19)(H2,17,18,20). The van der Waals surface area contributed by atoms with E-state index in [0.29, 0.717) is 13.1 Å². The molecule has 0 heterocycles. The fraction of sp³-hybridized carbons (Fsp3) is 0.467. The fourth-order valence-electron chi connectivity index (χ4n) is 1.85. The molecule has 2 rings (SSSR count). The highest BCUT2D eigenvalue weighted by atomic mass is 16.2. The van der Waals surface area contributed by atoms with Crippen molar-refractivity contribution in [3.8, 4) is 0 Å². The highest BCUT2D eigenvalue weighted by molar-refractivity contribution is 5.89. The molecule has 3 amide bonds. The van der Waals surface area contributed by atoms with Gasteiger partial charge in [-0.2, -0.15) is 0 Å². The van der Waals surface area contributed by atoms with Crippen molar-refractivity contribution in [2.24, 2.45) is 5.92 Å². The number of anilines is 1. The van der Waals surface area contributed by atoms with Gasteiger partial charge in [0.25, 0.3) is 0 Å². The average Bonchev–Trinajstić information content (AvgIpc) is 3.23. The van der Waals surface area contributed by atoms with E-state index in [2.05, 4.69) is 16.0 Å². The van der Waals surface area contributed by atoms with Gasteiger partial charge < -0.3 is 16.0 Å². The summed E-state index contributed by atoms with van der Waals surface area (Å²) in [6, 6.07) is 5.52. The Morgan fingerprint density at radius 2 is 1.80 bits per heavy atom. The molecule has 1 aliphatic carbocycles. The smallest absolute Gasteiger partial charge is 0.319 e. The summed E-state index contributed by atoms with van der Waals surface area (Å²) >= 11 is 0. The molecule has 1 aliphatic rings. The Labute approximate surface area is 119 Å². The Balaban J connectivity index is 1.66. The van der Waals surface area contributed by atoms with E-state index in [-0.39, 0.29) is 17.9 Å². The number of carbonyl (C=O) groups excluding carboxylic acids is 2. The minimum atomic E-state index is -0.256. The van der Waals surface area contributed by atoms with E-state index in [9.17, 15) is 9.59 Å². The first-order chi connectivity index (χ1) is 9.56. The van der Waals surface area contributed by atoms with Gasteiger partial charge in [0.05, 0.1) is 0 Å². The summed E-state index contributed by atoms with van der Waals surface area (Å²) < 4.78 is 0. The number of hydrogen-bond donors (Lipinski definition) is 3. The van der Waals surface area contributed by atoms with Crippen LogP contribution in [0.5, 0.6) is 0 Å². The van der Waals surface area contributed by atoms with Crippen LogP contribution < -0.4 is 16.0 Å². The predicted octanol–water partition coefficient (Wildman–Crippen LogP) is 1.95. The van der Waals surface area contributed by atoms with E-state index >= 15 is 0 Å². The molecule has 0 spiro atoms. The van der Waals surface area contributed by atoms with E-state index in [0.717, 1.165) is 24.1 Å². The molecule has 5 heteroatoms. The lowest BCUT2D eigenvalue weighted by Crippen LogP contribution is -2.37. The van der Waals surface area contributed by atoms with Crippen LogP contribution in [0.2, 0.25) is 0 Å². The molecule has 3 N–H and O–H groups in total. The second-order valence-electron chi connectivity index (χ2n) is 5.25. The summed E-state index contributed by atoms with van der Waals surface area (Å²) in [6.45, 7) is 4.93. The molecule has 1 saturated carbocycles. The molecule has 0 atom stereocenters. The van der Waals surface area contributed by atoms with Gasteiger partial charge in [0.1, 0.15) is 0 Å². The molecular formula is C15H21N3O2. The van der Waals surface area contributed by atoms with Gasteiger partial charge in [-0.3, -0.25) is 4.79 Å². The topological polar surface area (TPSA) is 70.2 Å². The van der Waals surface area contributed by atoms with E-state index in [1.54, 1.807) is 0 Å². The zero-order valence-electron chi connectivity index (χ0n) is 12.0. The largest absolute Gasteiger partial charge is 0.354 e. The van der Waals surface area contributed by atoms with Crippen molar-refractivity contribution in [3.63, 3.8) is 0 Å². The maximum absolute atomic E-state index is 11.7. The lowest BCUT2D eigenvalue weighted by Gasteiger charge is -2.09. The first kappa shape index (κ1) is 14.4. The first-order valence-electron chi connectivity index (χ1n) is 6.96. The molecular weight excluding hydrogens is 254 g/mol. The zero-order chi connectivity index (χ0) is 14.5. The number of hydrogen-bond acceptors (Lipinski definition) is 2. The van der Waals surface area contributed by atoms with Crippen molar-refractivity contribution in [2.75, 3.05) is 18.4 Å². The van der Waals surface area contributed by atoms with Crippen molar-refractivity contribution >= 4 is 17.6 Å². The Bertz CT molecular complexity index is 510. The van der Waals surface area contributed by atoms with Crippen LogP contribution in [0, 0.1) is 19.8 Å². The van der Waals surface area contributed by atoms with Crippen LogP contribution in [0.4, 0.5) is 10.5 Å². The molecule has 0 aromatic heterocycles. The second kappa shape index (κ2) is 6.41. The number of carbonyl (C=O) groups is 2. The van der Waals surface area contributed by atoms with Crippen molar-refractivity contribution in [2.45, 2.75) is 26.7 Å². The summed E-state index contributed by atoms with van der Waals surface area (Å²) in [5.41, 5.74) is 3.10. The summed E-state index contributed by atoms with van der Waals surface area (Å²) in [5.74, 6) is 0.306. The van der Waals surface area contributed by atoms with Gasteiger partial charge in [0.15, 0.2) is 0 Å². The Morgan fingerprint density at radius 1 is 1.10 bits per heavy atom. The summed E-state index contributed by atoms with van der Waals surface area (Å²) in [5, 5.41) is 8.28. The Kier molecular flexibility index (Phi) is 4.61. The maximum atomic E-state index is 11.7. The van der Waals surface area contributed by atoms with Crippen LogP contribution in [-0.2, 0) is 4.79 Å². The van der Waals surface area contributed by atoms with Crippen molar-refractivity contribution < 1.29 is 9.59 Å². The van der Waals surface area contributed by atoms with Gasteiger partial charge >= 0.3 is 6.03 Å². The number of rotatable bonds is 5. The van der Waals surface area contributed by atoms with Crippen molar-refractivity contribution in [3.05, 3.63) is 29.3 Å². The summed E-state index contributed by atoms with van der Waals surface area (Å²) in [4.78, 5) is 23.0. The van der Waals surface area contributed by atoms with Crippen LogP contribution in [0.1, 0.15) is 24.0 Å². The SMILES string of the molecule is Cc1ccc(NC(=O)NCCNC(=O)C2CC2)cc1C. The van der Waals surface area contributed by atoms with Crippen molar-refractivity contribution in [1.29, 1.82) is 0 Å². The first-order valence-corrected chi connectivity index (χ1v) is 6.96. The third-order valence-corrected chi connectivity index (χ3v) is 3.42. The van der Waals surface area contributed by atoms with E-state index in [1.165, 1.54) is 5.56 Å². The van der Waals surface area contributed by atoms with Gasteiger partial charge in [-0.15, -0.1) is 0 Å².